The monoisotopic (exact) mass is 417 g/mol. The van der Waals surface area contributed by atoms with Crippen LogP contribution >= 0.6 is 30.6 Å². The highest BCUT2D eigenvalue weighted by atomic mass is 35.5. The number of hydrogen-bond acceptors (Lipinski definition) is 4. The third-order valence-corrected chi connectivity index (χ3v) is 6.40. The van der Waals surface area contributed by atoms with Crippen LogP contribution in [0.2, 0.25) is 10.0 Å². The van der Waals surface area contributed by atoms with Gasteiger partial charge in [0.25, 0.3) is 0 Å². The minimum absolute atomic E-state index is 0.0246. The zero-order chi connectivity index (χ0) is 19.2. The number of aliphatic hydroxyl groups is 2. The van der Waals surface area contributed by atoms with Crippen molar-refractivity contribution in [2.45, 2.75) is 18.4 Å². The molecule has 0 amide bonds. The largest absolute Gasteiger partial charge is 0.391 e. The molecule has 0 saturated heterocycles. The van der Waals surface area contributed by atoms with Gasteiger partial charge >= 0.3 is 0 Å². The van der Waals surface area contributed by atoms with Crippen LogP contribution in [0.4, 0.5) is 0 Å². The van der Waals surface area contributed by atoms with Crippen molar-refractivity contribution in [2.75, 3.05) is 19.3 Å². The zero-order valence-corrected chi connectivity index (χ0v) is 16.5. The Kier molecular flexibility index (Phi) is 8.11. The highest BCUT2D eigenvalue weighted by Crippen LogP contribution is 2.44. The average Bonchev–Trinajstić information content (AvgIpc) is 2.57. The van der Waals surface area contributed by atoms with Crippen LogP contribution in [-0.4, -0.2) is 40.5 Å². The molecule has 0 aliphatic carbocycles. The Balaban J connectivity index is 1.78. The Bertz CT molecular complexity index is 760. The van der Waals surface area contributed by atoms with Gasteiger partial charge < -0.3 is 20.4 Å². The van der Waals surface area contributed by atoms with E-state index in [1.165, 1.54) is 0 Å². The van der Waals surface area contributed by atoms with Gasteiger partial charge in [-0.3, -0.25) is 4.57 Å². The molecule has 4 N–H and O–H groups in total. The Morgan fingerprint density at radius 3 is 2.35 bits per heavy atom. The van der Waals surface area contributed by atoms with Crippen molar-refractivity contribution >= 4 is 30.6 Å². The summed E-state index contributed by atoms with van der Waals surface area (Å²) >= 11 is 11.8. The van der Waals surface area contributed by atoms with Crippen LogP contribution in [0, 0.1) is 0 Å². The molecular weight excluding hydrogens is 396 g/mol. The van der Waals surface area contributed by atoms with Gasteiger partial charge in [-0.2, -0.15) is 0 Å². The molecule has 0 aromatic heterocycles. The first kappa shape index (κ1) is 21.4. The predicted molar refractivity (Wildman–Crippen MR) is 105 cm³/mol. The van der Waals surface area contributed by atoms with E-state index in [2.05, 4.69) is 5.32 Å². The lowest BCUT2D eigenvalue weighted by Gasteiger charge is -2.18. The van der Waals surface area contributed by atoms with Crippen LogP contribution in [0.1, 0.15) is 17.2 Å². The number of rotatable bonds is 9. The Hall–Kier alpha value is -0.910. The minimum atomic E-state index is -3.49. The van der Waals surface area contributed by atoms with E-state index in [0.717, 1.165) is 5.56 Å². The normalized spacial score (nSPS) is 16.0. The fourth-order valence-electron chi connectivity index (χ4n) is 2.55. The van der Waals surface area contributed by atoms with Crippen LogP contribution in [0.5, 0.6) is 0 Å². The van der Waals surface area contributed by atoms with Gasteiger partial charge in [-0.1, -0.05) is 59.6 Å². The first-order valence-electron chi connectivity index (χ1n) is 8.13. The molecule has 0 heterocycles. The molecule has 0 bridgehead atoms. The molecule has 0 fully saturated rings. The number of aliphatic hydroxyl groups excluding tert-OH is 2. The molecule has 2 aromatic rings. The van der Waals surface area contributed by atoms with E-state index in [9.17, 15) is 19.7 Å². The number of halogens is 2. The van der Waals surface area contributed by atoms with Crippen molar-refractivity contribution in [2.24, 2.45) is 0 Å². The van der Waals surface area contributed by atoms with Gasteiger partial charge in [0.05, 0.1) is 28.4 Å². The predicted octanol–water partition coefficient (Wildman–Crippen LogP) is 3.45. The molecule has 3 atom stereocenters. The van der Waals surface area contributed by atoms with Gasteiger partial charge in [0.1, 0.15) is 0 Å². The highest BCUT2D eigenvalue weighted by Gasteiger charge is 2.23. The smallest absolute Gasteiger partial charge is 0.207 e. The summed E-state index contributed by atoms with van der Waals surface area (Å²) in [7, 11) is -3.49. The van der Waals surface area contributed by atoms with Crippen LogP contribution in [-0.2, 0) is 10.7 Å². The summed E-state index contributed by atoms with van der Waals surface area (Å²) in [6.45, 7) is 0.265. The van der Waals surface area contributed by atoms with Crippen molar-refractivity contribution in [3.05, 3.63) is 69.7 Å². The first-order valence-corrected chi connectivity index (χ1v) is 10.9. The Morgan fingerprint density at radius 2 is 1.69 bits per heavy atom. The van der Waals surface area contributed by atoms with E-state index < -0.39 is 19.6 Å². The lowest BCUT2D eigenvalue weighted by molar-refractivity contribution is 0.155. The Labute approximate surface area is 163 Å². The summed E-state index contributed by atoms with van der Waals surface area (Å²) in [5.74, 6) is 0. The van der Waals surface area contributed by atoms with Gasteiger partial charge in [0, 0.05) is 19.3 Å². The zero-order valence-electron chi connectivity index (χ0n) is 14.1. The molecule has 2 unspecified atom stereocenters. The molecule has 0 saturated carbocycles. The second kappa shape index (κ2) is 9.86. The molecule has 142 valence electrons. The maximum Gasteiger partial charge on any atom is 0.207 e. The fourth-order valence-corrected chi connectivity index (χ4v) is 4.56. The standard InChI is InChI=1S/C18H22Cl2NO4P/c19-16-7-6-14(8-17(16)20)18(23)10-21-9-15(22)12-26(24,25)11-13-4-2-1-3-5-13/h1-8,15,18,21-23H,9-12H2,(H,24,25)/t15-,18?/m0/s1. The lowest BCUT2D eigenvalue weighted by atomic mass is 10.1. The third-order valence-electron chi connectivity index (χ3n) is 3.81. The lowest BCUT2D eigenvalue weighted by Crippen LogP contribution is -2.32. The van der Waals surface area contributed by atoms with Crippen LogP contribution in [0.25, 0.3) is 0 Å². The second-order valence-electron chi connectivity index (χ2n) is 6.17. The van der Waals surface area contributed by atoms with Gasteiger partial charge in [-0.05, 0) is 23.3 Å². The van der Waals surface area contributed by atoms with Crippen molar-refractivity contribution in [1.82, 2.24) is 5.32 Å². The first-order chi connectivity index (χ1) is 12.3. The van der Waals surface area contributed by atoms with Gasteiger partial charge in [0.2, 0.25) is 7.37 Å². The van der Waals surface area contributed by atoms with Crippen molar-refractivity contribution in [1.29, 1.82) is 0 Å². The molecule has 5 nitrogen and oxygen atoms in total. The number of nitrogens with one attached hydrogen (secondary N) is 1. The molecule has 0 spiro atoms. The van der Waals surface area contributed by atoms with E-state index in [-0.39, 0.29) is 25.4 Å². The molecule has 0 aliphatic heterocycles. The minimum Gasteiger partial charge on any atom is -0.391 e. The van der Waals surface area contributed by atoms with E-state index in [0.29, 0.717) is 15.6 Å². The molecule has 2 aromatic carbocycles. The maximum atomic E-state index is 12.3. The molecule has 0 aliphatic rings. The van der Waals surface area contributed by atoms with Crippen molar-refractivity contribution in [3.63, 3.8) is 0 Å². The summed E-state index contributed by atoms with van der Waals surface area (Å²) < 4.78 is 12.3. The van der Waals surface area contributed by atoms with Gasteiger partial charge in [-0.25, -0.2) is 0 Å². The van der Waals surface area contributed by atoms with Crippen LogP contribution in [0.3, 0.4) is 0 Å². The molecule has 26 heavy (non-hydrogen) atoms. The van der Waals surface area contributed by atoms with Crippen molar-refractivity contribution in [3.8, 4) is 0 Å². The molecule has 8 heteroatoms. The summed E-state index contributed by atoms with van der Waals surface area (Å²) in [5, 5.41) is 23.8. The van der Waals surface area contributed by atoms with Gasteiger partial charge in [0.15, 0.2) is 0 Å². The van der Waals surface area contributed by atoms with E-state index in [1.54, 1.807) is 42.5 Å². The van der Waals surface area contributed by atoms with E-state index in [4.69, 9.17) is 23.2 Å². The average molecular weight is 418 g/mol. The van der Waals surface area contributed by atoms with Crippen LogP contribution < -0.4 is 5.32 Å². The second-order valence-corrected chi connectivity index (χ2v) is 9.36. The quantitative estimate of drug-likeness (QED) is 0.469. The van der Waals surface area contributed by atoms with E-state index >= 15 is 0 Å². The summed E-state index contributed by atoms with van der Waals surface area (Å²) in [6.07, 6.45) is -2.01. The third kappa shape index (κ3) is 7.01. The van der Waals surface area contributed by atoms with Crippen molar-refractivity contribution < 1.29 is 19.7 Å². The topological polar surface area (TPSA) is 89.8 Å². The van der Waals surface area contributed by atoms with Gasteiger partial charge in [-0.15, -0.1) is 0 Å². The summed E-state index contributed by atoms with van der Waals surface area (Å²) in [5.41, 5.74) is 1.35. The Morgan fingerprint density at radius 1 is 1.00 bits per heavy atom. The SMILES string of the molecule is O=P(O)(Cc1ccccc1)C[C@@H](O)CNCC(O)c1ccc(Cl)c(Cl)c1. The molecule has 0 radical (unpaired) electrons. The number of hydrogen-bond donors (Lipinski definition) is 4. The highest BCUT2D eigenvalue weighted by molar-refractivity contribution is 7.57. The van der Waals surface area contributed by atoms with Crippen LogP contribution in [0.15, 0.2) is 48.5 Å². The summed E-state index contributed by atoms with van der Waals surface area (Å²) in [6, 6.07) is 13.8. The van der Waals surface area contributed by atoms with E-state index in [1.807, 2.05) is 6.07 Å². The molecule has 2 rings (SSSR count). The summed E-state index contributed by atoms with van der Waals surface area (Å²) in [4.78, 5) is 10.1. The fraction of sp³-hybridized carbons (Fsp3) is 0.333. The maximum absolute atomic E-state index is 12.3. The number of benzene rings is 2. The molecular formula is C18H22Cl2NO4P.